The van der Waals surface area contributed by atoms with Crippen LogP contribution in [0.25, 0.3) is 0 Å². The van der Waals surface area contributed by atoms with Crippen LogP contribution in [0.2, 0.25) is 0 Å². The Bertz CT molecular complexity index is 503. The topological polar surface area (TPSA) is 9.23 Å². The second-order valence-electron chi connectivity index (χ2n) is 4.65. The summed E-state index contributed by atoms with van der Waals surface area (Å²) in [5, 5.41) is 0. The van der Waals surface area contributed by atoms with Crippen molar-refractivity contribution in [2.45, 2.75) is 12.0 Å². The average molecular weight is 264 g/mol. The molecule has 2 rings (SSSR count). The van der Waals surface area contributed by atoms with E-state index in [0.717, 1.165) is 17.5 Å². The summed E-state index contributed by atoms with van der Waals surface area (Å²) in [6, 6.07) is 20.6. The first kappa shape index (κ1) is 14.3. The molecule has 0 radical (unpaired) electrons. The van der Waals surface area contributed by atoms with Crippen LogP contribution in [-0.4, -0.2) is 6.61 Å². The van der Waals surface area contributed by atoms with Gasteiger partial charge in [0.1, 0.15) is 5.60 Å². The highest BCUT2D eigenvalue weighted by atomic mass is 16.5. The molecule has 0 saturated carbocycles. The van der Waals surface area contributed by atoms with Crippen molar-refractivity contribution in [2.24, 2.45) is 0 Å². The van der Waals surface area contributed by atoms with Crippen molar-refractivity contribution in [3.05, 3.63) is 97.1 Å². The Kier molecular flexibility index (Phi) is 4.91. The Morgan fingerprint density at radius 3 is 1.70 bits per heavy atom. The molecule has 0 heterocycles. The summed E-state index contributed by atoms with van der Waals surface area (Å²) >= 11 is 0. The molecule has 0 aliphatic heterocycles. The highest BCUT2D eigenvalue weighted by molar-refractivity contribution is 5.37. The molecule has 2 aromatic rings. The first-order valence-electron chi connectivity index (χ1n) is 6.80. The van der Waals surface area contributed by atoms with Gasteiger partial charge in [0.15, 0.2) is 0 Å². The zero-order valence-electron chi connectivity index (χ0n) is 11.7. The van der Waals surface area contributed by atoms with E-state index in [1.54, 1.807) is 6.08 Å². The summed E-state index contributed by atoms with van der Waals surface area (Å²) in [7, 11) is 0. The van der Waals surface area contributed by atoms with Crippen molar-refractivity contribution in [1.82, 2.24) is 0 Å². The maximum atomic E-state index is 6.20. The minimum Gasteiger partial charge on any atom is -0.361 e. The van der Waals surface area contributed by atoms with Gasteiger partial charge in [-0.25, -0.2) is 0 Å². The van der Waals surface area contributed by atoms with Gasteiger partial charge >= 0.3 is 0 Å². The molecule has 0 unspecified atom stereocenters. The highest BCUT2D eigenvalue weighted by Crippen LogP contribution is 2.37. The molecule has 0 aliphatic rings. The minimum absolute atomic E-state index is 0.498. The van der Waals surface area contributed by atoms with Crippen LogP contribution in [0.5, 0.6) is 0 Å². The second-order valence-corrected chi connectivity index (χ2v) is 4.65. The van der Waals surface area contributed by atoms with E-state index in [-0.39, 0.29) is 0 Å². The fourth-order valence-electron chi connectivity index (χ4n) is 2.45. The van der Waals surface area contributed by atoms with Gasteiger partial charge in [-0.05, 0) is 11.1 Å². The largest absolute Gasteiger partial charge is 0.361 e. The van der Waals surface area contributed by atoms with Crippen LogP contribution < -0.4 is 0 Å². The molecule has 1 nitrogen and oxygen atoms in total. The lowest BCUT2D eigenvalue weighted by molar-refractivity contribution is 0.000678. The zero-order chi connectivity index (χ0) is 14.3. The third kappa shape index (κ3) is 2.89. The highest BCUT2D eigenvalue weighted by Gasteiger charge is 2.33. The van der Waals surface area contributed by atoms with Crippen molar-refractivity contribution in [1.29, 1.82) is 0 Å². The van der Waals surface area contributed by atoms with Gasteiger partial charge in [-0.1, -0.05) is 72.8 Å². The first-order valence-corrected chi connectivity index (χ1v) is 6.80. The van der Waals surface area contributed by atoms with Crippen LogP contribution in [0.3, 0.4) is 0 Å². The standard InChI is InChI=1S/C19H20O/c1-3-15-19(20-16-4-2,17-11-7-5-8-12-17)18-13-9-6-10-14-18/h3-14H,1-2,15-16H2. The van der Waals surface area contributed by atoms with E-state index in [1.807, 2.05) is 42.5 Å². The van der Waals surface area contributed by atoms with Crippen LogP contribution >= 0.6 is 0 Å². The summed E-state index contributed by atoms with van der Waals surface area (Å²) in [6.45, 7) is 8.16. The maximum absolute atomic E-state index is 6.20. The molecule has 0 fully saturated rings. The SMILES string of the molecule is C=CCOC(CC=C)(c1ccccc1)c1ccccc1. The predicted molar refractivity (Wildman–Crippen MR) is 84.6 cm³/mol. The van der Waals surface area contributed by atoms with Gasteiger partial charge in [-0.2, -0.15) is 0 Å². The van der Waals surface area contributed by atoms with E-state index in [0.29, 0.717) is 6.61 Å². The van der Waals surface area contributed by atoms with Crippen molar-refractivity contribution in [2.75, 3.05) is 6.61 Å². The maximum Gasteiger partial charge on any atom is 0.122 e. The number of ether oxygens (including phenoxy) is 1. The van der Waals surface area contributed by atoms with Crippen LogP contribution in [0.1, 0.15) is 17.5 Å². The van der Waals surface area contributed by atoms with E-state index in [1.165, 1.54) is 0 Å². The molecule has 0 atom stereocenters. The van der Waals surface area contributed by atoms with Crippen molar-refractivity contribution in [3.8, 4) is 0 Å². The summed E-state index contributed by atoms with van der Waals surface area (Å²) in [6.07, 6.45) is 4.40. The van der Waals surface area contributed by atoms with Gasteiger partial charge in [-0.15, -0.1) is 13.2 Å². The predicted octanol–water partition coefficient (Wildman–Crippen LogP) is 4.71. The molecule has 1 heteroatoms. The number of hydrogen-bond donors (Lipinski definition) is 0. The Morgan fingerprint density at radius 2 is 1.30 bits per heavy atom. The fraction of sp³-hybridized carbons (Fsp3) is 0.158. The Hall–Kier alpha value is -2.12. The molecule has 2 aromatic carbocycles. The van der Waals surface area contributed by atoms with E-state index in [2.05, 4.69) is 37.4 Å². The second kappa shape index (κ2) is 6.88. The minimum atomic E-state index is -0.502. The summed E-state index contributed by atoms with van der Waals surface area (Å²) < 4.78 is 6.20. The van der Waals surface area contributed by atoms with Crippen LogP contribution in [0.4, 0.5) is 0 Å². The van der Waals surface area contributed by atoms with Gasteiger partial charge < -0.3 is 4.74 Å². The van der Waals surface area contributed by atoms with Crippen molar-refractivity contribution in [3.63, 3.8) is 0 Å². The smallest absolute Gasteiger partial charge is 0.122 e. The lowest BCUT2D eigenvalue weighted by atomic mass is 9.83. The molecular formula is C19H20O. The zero-order valence-corrected chi connectivity index (χ0v) is 11.7. The fourth-order valence-corrected chi connectivity index (χ4v) is 2.45. The molecule has 0 spiro atoms. The van der Waals surface area contributed by atoms with E-state index in [4.69, 9.17) is 4.74 Å². The van der Waals surface area contributed by atoms with Crippen molar-refractivity contribution >= 4 is 0 Å². The molecule has 0 aromatic heterocycles. The quantitative estimate of drug-likeness (QED) is 0.658. The average Bonchev–Trinajstić information content (AvgIpc) is 2.53. The molecule has 0 N–H and O–H groups in total. The van der Waals surface area contributed by atoms with Gasteiger partial charge in [0, 0.05) is 6.42 Å². The first-order chi connectivity index (χ1) is 9.83. The lowest BCUT2D eigenvalue weighted by Crippen LogP contribution is -2.31. The van der Waals surface area contributed by atoms with E-state index < -0.39 is 5.60 Å². The molecule has 0 amide bonds. The van der Waals surface area contributed by atoms with Gasteiger partial charge in [0.25, 0.3) is 0 Å². The van der Waals surface area contributed by atoms with Gasteiger partial charge in [0.05, 0.1) is 6.61 Å². The van der Waals surface area contributed by atoms with Gasteiger partial charge in [0.2, 0.25) is 0 Å². The van der Waals surface area contributed by atoms with E-state index in [9.17, 15) is 0 Å². The monoisotopic (exact) mass is 264 g/mol. The van der Waals surface area contributed by atoms with Crippen LogP contribution in [-0.2, 0) is 10.3 Å². The molecule has 0 saturated heterocycles. The Labute approximate surface area is 121 Å². The third-order valence-corrected chi connectivity index (χ3v) is 3.36. The normalized spacial score (nSPS) is 11.0. The molecule has 102 valence electrons. The molecule has 0 bridgehead atoms. The summed E-state index contributed by atoms with van der Waals surface area (Å²) in [5.74, 6) is 0. The summed E-state index contributed by atoms with van der Waals surface area (Å²) in [4.78, 5) is 0. The van der Waals surface area contributed by atoms with E-state index >= 15 is 0 Å². The Balaban J connectivity index is 2.55. The number of hydrogen-bond acceptors (Lipinski definition) is 1. The lowest BCUT2D eigenvalue weighted by Gasteiger charge is -2.34. The van der Waals surface area contributed by atoms with Crippen LogP contribution in [0, 0.1) is 0 Å². The van der Waals surface area contributed by atoms with Gasteiger partial charge in [-0.3, -0.25) is 0 Å². The van der Waals surface area contributed by atoms with Crippen molar-refractivity contribution < 1.29 is 4.74 Å². The number of benzene rings is 2. The summed E-state index contributed by atoms with van der Waals surface area (Å²) in [5.41, 5.74) is 1.76. The molecular weight excluding hydrogens is 244 g/mol. The molecule has 20 heavy (non-hydrogen) atoms. The molecule has 0 aliphatic carbocycles. The Morgan fingerprint density at radius 1 is 0.800 bits per heavy atom. The van der Waals surface area contributed by atoms with Crippen LogP contribution in [0.15, 0.2) is 86.0 Å². The number of rotatable bonds is 7. The third-order valence-electron chi connectivity index (χ3n) is 3.36.